The quantitative estimate of drug-likeness (QED) is 0.766. The minimum absolute atomic E-state index is 0.0977. The van der Waals surface area contributed by atoms with Gasteiger partial charge in [-0.05, 0) is 32.1 Å². The van der Waals surface area contributed by atoms with Gasteiger partial charge in [0.2, 0.25) is 0 Å². The fraction of sp³-hybridized carbons (Fsp3) is 0.500. The van der Waals surface area contributed by atoms with E-state index in [0.29, 0.717) is 0 Å². The van der Waals surface area contributed by atoms with E-state index >= 15 is 0 Å². The van der Waals surface area contributed by atoms with Gasteiger partial charge in [-0.3, -0.25) is 0 Å². The van der Waals surface area contributed by atoms with Gasteiger partial charge < -0.3 is 10.2 Å². The van der Waals surface area contributed by atoms with Crippen molar-refractivity contribution < 1.29 is 4.39 Å². The van der Waals surface area contributed by atoms with Crippen molar-refractivity contribution in [2.75, 3.05) is 33.7 Å². The molecule has 0 unspecified atom stereocenters. The molecule has 2 nitrogen and oxygen atoms in total. The summed E-state index contributed by atoms with van der Waals surface area (Å²) in [7, 11) is 3.99. The topological polar surface area (TPSA) is 15.3 Å². The van der Waals surface area contributed by atoms with Crippen LogP contribution in [0.25, 0.3) is 0 Å². The van der Waals surface area contributed by atoms with E-state index in [2.05, 4.69) is 17.3 Å². The highest BCUT2D eigenvalue weighted by atomic mass is 19.1. The summed E-state index contributed by atoms with van der Waals surface area (Å²) in [6.45, 7) is 2.85. The van der Waals surface area contributed by atoms with Gasteiger partial charge in [-0.25, -0.2) is 4.39 Å². The Bertz CT molecular complexity index is 289. The van der Waals surface area contributed by atoms with Gasteiger partial charge in [0.1, 0.15) is 5.82 Å². The van der Waals surface area contributed by atoms with E-state index in [0.717, 1.165) is 31.6 Å². The molecular formula is C12H19FN2. The van der Waals surface area contributed by atoms with Crippen LogP contribution in [-0.2, 0) is 6.42 Å². The zero-order valence-corrected chi connectivity index (χ0v) is 9.46. The summed E-state index contributed by atoms with van der Waals surface area (Å²) in [6, 6.07) is 6.97. The molecule has 3 heteroatoms. The molecule has 0 aliphatic heterocycles. The summed E-state index contributed by atoms with van der Waals surface area (Å²) < 4.78 is 13.3. The van der Waals surface area contributed by atoms with Gasteiger partial charge >= 0.3 is 0 Å². The molecule has 1 rings (SSSR count). The predicted octanol–water partition coefficient (Wildman–Crippen LogP) is 1.52. The molecule has 0 aromatic heterocycles. The van der Waals surface area contributed by atoms with Crippen molar-refractivity contribution in [1.82, 2.24) is 10.2 Å². The van der Waals surface area contributed by atoms with E-state index < -0.39 is 0 Å². The first-order valence-corrected chi connectivity index (χ1v) is 5.30. The first kappa shape index (κ1) is 12.1. The van der Waals surface area contributed by atoms with Crippen LogP contribution in [0.1, 0.15) is 5.56 Å². The Labute approximate surface area is 91.1 Å². The summed E-state index contributed by atoms with van der Waals surface area (Å²) in [6.07, 6.45) is 0.771. The van der Waals surface area contributed by atoms with E-state index in [1.165, 1.54) is 6.07 Å². The van der Waals surface area contributed by atoms with E-state index in [1.54, 1.807) is 6.07 Å². The molecule has 15 heavy (non-hydrogen) atoms. The molecule has 0 saturated heterocycles. The van der Waals surface area contributed by atoms with Gasteiger partial charge in [0.25, 0.3) is 0 Å². The van der Waals surface area contributed by atoms with Crippen molar-refractivity contribution in [2.24, 2.45) is 0 Å². The Morgan fingerprint density at radius 1 is 1.27 bits per heavy atom. The lowest BCUT2D eigenvalue weighted by Crippen LogP contribution is -2.29. The predicted molar refractivity (Wildman–Crippen MR) is 61.5 cm³/mol. The number of benzene rings is 1. The van der Waals surface area contributed by atoms with Crippen molar-refractivity contribution in [3.63, 3.8) is 0 Å². The van der Waals surface area contributed by atoms with Crippen molar-refractivity contribution in [1.29, 1.82) is 0 Å². The molecule has 1 aromatic carbocycles. The summed E-state index contributed by atoms with van der Waals surface area (Å²) in [5, 5.41) is 3.09. The molecule has 0 aliphatic carbocycles. The van der Waals surface area contributed by atoms with Gasteiger partial charge in [0.05, 0.1) is 0 Å². The third kappa shape index (κ3) is 4.40. The maximum atomic E-state index is 13.3. The van der Waals surface area contributed by atoms with Gasteiger partial charge in [-0.15, -0.1) is 0 Å². The van der Waals surface area contributed by atoms with Crippen LogP contribution in [0.5, 0.6) is 0 Å². The molecule has 0 fully saturated rings. The lowest BCUT2D eigenvalue weighted by molar-refractivity contribution is 0.338. The van der Waals surface area contributed by atoms with Crippen molar-refractivity contribution in [2.45, 2.75) is 6.42 Å². The molecule has 0 bridgehead atoms. The number of hydrogen-bond donors (Lipinski definition) is 1. The van der Waals surface area contributed by atoms with Crippen LogP contribution in [0.4, 0.5) is 4.39 Å². The fourth-order valence-electron chi connectivity index (χ4n) is 1.43. The smallest absolute Gasteiger partial charge is 0.126 e. The second kappa shape index (κ2) is 6.53. The van der Waals surface area contributed by atoms with Crippen LogP contribution in [0.3, 0.4) is 0 Å². The monoisotopic (exact) mass is 210 g/mol. The maximum absolute atomic E-state index is 13.3. The lowest BCUT2D eigenvalue weighted by atomic mass is 10.1. The van der Waals surface area contributed by atoms with Crippen LogP contribution in [0.2, 0.25) is 0 Å². The van der Waals surface area contributed by atoms with Crippen LogP contribution in [-0.4, -0.2) is 38.6 Å². The second-order valence-corrected chi connectivity index (χ2v) is 3.75. The Kier molecular flexibility index (Phi) is 5.29. The Hall–Kier alpha value is -0.930. The molecule has 0 amide bonds. The molecule has 0 radical (unpaired) electrons. The molecule has 1 N–H and O–H groups in total. The molecule has 1 aromatic rings. The Morgan fingerprint density at radius 3 is 2.67 bits per heavy atom. The zero-order valence-electron chi connectivity index (χ0n) is 9.46. The van der Waals surface area contributed by atoms with Gasteiger partial charge in [-0.2, -0.15) is 0 Å². The number of halogens is 1. The normalized spacial score (nSPS) is 10.9. The van der Waals surface area contributed by atoms with E-state index in [1.807, 2.05) is 19.2 Å². The van der Waals surface area contributed by atoms with E-state index in [9.17, 15) is 4.39 Å². The third-order valence-electron chi connectivity index (χ3n) is 2.46. The average Bonchev–Trinajstić information content (AvgIpc) is 2.25. The van der Waals surface area contributed by atoms with Crippen LogP contribution >= 0.6 is 0 Å². The number of hydrogen-bond acceptors (Lipinski definition) is 2. The SMILES string of the molecule is CNCCN(C)CCc1ccccc1F. The van der Waals surface area contributed by atoms with Crippen LogP contribution in [0.15, 0.2) is 24.3 Å². The van der Waals surface area contributed by atoms with Crippen molar-refractivity contribution in [3.05, 3.63) is 35.6 Å². The summed E-state index contributed by atoms with van der Waals surface area (Å²) in [4.78, 5) is 2.20. The summed E-state index contributed by atoms with van der Waals surface area (Å²) in [5.74, 6) is -0.0977. The highest BCUT2D eigenvalue weighted by Crippen LogP contribution is 2.07. The van der Waals surface area contributed by atoms with Crippen LogP contribution < -0.4 is 5.32 Å². The molecule has 84 valence electrons. The van der Waals surface area contributed by atoms with Gasteiger partial charge in [0.15, 0.2) is 0 Å². The molecule has 0 atom stereocenters. The van der Waals surface area contributed by atoms with E-state index in [4.69, 9.17) is 0 Å². The third-order valence-corrected chi connectivity index (χ3v) is 2.46. The minimum Gasteiger partial charge on any atom is -0.318 e. The minimum atomic E-state index is -0.0977. The number of rotatable bonds is 6. The molecule has 0 spiro atoms. The Balaban J connectivity index is 2.33. The van der Waals surface area contributed by atoms with Crippen molar-refractivity contribution in [3.8, 4) is 0 Å². The number of nitrogens with zero attached hydrogens (tertiary/aromatic N) is 1. The van der Waals surface area contributed by atoms with Crippen LogP contribution in [0, 0.1) is 5.82 Å². The maximum Gasteiger partial charge on any atom is 0.126 e. The standard InChI is InChI=1S/C12H19FN2/c1-14-8-10-15(2)9-7-11-5-3-4-6-12(11)13/h3-6,14H,7-10H2,1-2H3. The molecule has 0 heterocycles. The zero-order chi connectivity index (χ0) is 11.1. The highest BCUT2D eigenvalue weighted by molar-refractivity contribution is 5.17. The first-order chi connectivity index (χ1) is 7.24. The van der Waals surface area contributed by atoms with Crippen molar-refractivity contribution >= 4 is 0 Å². The van der Waals surface area contributed by atoms with E-state index in [-0.39, 0.29) is 5.82 Å². The highest BCUT2D eigenvalue weighted by Gasteiger charge is 2.02. The molecule has 0 aliphatic rings. The molecular weight excluding hydrogens is 191 g/mol. The first-order valence-electron chi connectivity index (χ1n) is 5.30. The summed E-state index contributed by atoms with van der Waals surface area (Å²) >= 11 is 0. The number of likely N-dealkylation sites (N-methyl/N-ethyl adjacent to an activating group) is 2. The fourth-order valence-corrected chi connectivity index (χ4v) is 1.43. The van der Waals surface area contributed by atoms with Gasteiger partial charge in [-0.1, -0.05) is 18.2 Å². The number of nitrogens with one attached hydrogen (secondary N) is 1. The Morgan fingerprint density at radius 2 is 2.00 bits per heavy atom. The largest absolute Gasteiger partial charge is 0.318 e. The average molecular weight is 210 g/mol. The van der Waals surface area contributed by atoms with Gasteiger partial charge in [0, 0.05) is 19.6 Å². The lowest BCUT2D eigenvalue weighted by Gasteiger charge is -2.16. The molecule has 0 saturated carbocycles. The second-order valence-electron chi connectivity index (χ2n) is 3.75. The summed E-state index contributed by atoms with van der Waals surface area (Å²) in [5.41, 5.74) is 0.800.